The second-order valence-electron chi connectivity index (χ2n) is 8.20. The minimum atomic E-state index is -3.84. The monoisotopic (exact) mass is 518 g/mol. The molecule has 0 radical (unpaired) electrons. The Hall–Kier alpha value is -3.28. The standard InChI is InChI=1S/C25H30N2O8S/c1-30-19-7-9-21(10-8-19)36(28,29)27(16-20-6-5-11-34-20)15-18-14-22(35-26-18)17-12-23(31-2)25(33-4)24(13-17)32-3/h7-10,12-14,20H,5-6,11,15-16H2,1-4H3/t20-/m1/s1. The van der Waals surface area contributed by atoms with E-state index in [1.807, 2.05) is 0 Å². The summed E-state index contributed by atoms with van der Waals surface area (Å²) in [4.78, 5) is 0.162. The molecule has 0 spiro atoms. The van der Waals surface area contributed by atoms with E-state index in [9.17, 15) is 8.42 Å². The normalized spacial score (nSPS) is 15.8. The van der Waals surface area contributed by atoms with Crippen LogP contribution in [-0.2, 0) is 21.3 Å². The first-order chi connectivity index (χ1) is 17.4. The smallest absolute Gasteiger partial charge is 0.243 e. The number of sulfonamides is 1. The number of benzene rings is 2. The molecule has 3 aromatic rings. The summed E-state index contributed by atoms with van der Waals surface area (Å²) in [6, 6.07) is 11.5. The van der Waals surface area contributed by atoms with Crippen molar-refractivity contribution in [1.29, 1.82) is 0 Å². The minimum Gasteiger partial charge on any atom is -0.497 e. The van der Waals surface area contributed by atoms with E-state index in [2.05, 4.69) is 5.16 Å². The van der Waals surface area contributed by atoms with E-state index in [1.54, 1.807) is 30.3 Å². The molecule has 1 aliphatic heterocycles. The molecule has 1 aliphatic rings. The second kappa shape index (κ2) is 11.2. The molecular formula is C25H30N2O8S. The van der Waals surface area contributed by atoms with Gasteiger partial charge in [-0.05, 0) is 49.2 Å². The summed E-state index contributed by atoms with van der Waals surface area (Å²) in [5.74, 6) is 2.39. The first-order valence-electron chi connectivity index (χ1n) is 11.4. The van der Waals surface area contributed by atoms with Crippen LogP contribution < -0.4 is 18.9 Å². The van der Waals surface area contributed by atoms with E-state index in [0.717, 1.165) is 12.8 Å². The largest absolute Gasteiger partial charge is 0.497 e. The number of methoxy groups -OCH3 is 4. The number of ether oxygens (including phenoxy) is 5. The predicted octanol–water partition coefficient (Wildman–Crippen LogP) is 3.75. The van der Waals surface area contributed by atoms with Crippen molar-refractivity contribution in [2.75, 3.05) is 41.6 Å². The molecule has 0 bridgehead atoms. The molecule has 194 valence electrons. The fourth-order valence-corrected chi connectivity index (χ4v) is 5.53. The van der Waals surface area contributed by atoms with Gasteiger partial charge in [0, 0.05) is 24.8 Å². The topological polar surface area (TPSA) is 110 Å². The van der Waals surface area contributed by atoms with Crippen molar-refractivity contribution in [3.05, 3.63) is 48.2 Å². The van der Waals surface area contributed by atoms with Crippen molar-refractivity contribution in [3.63, 3.8) is 0 Å². The minimum absolute atomic E-state index is 0.0160. The Balaban J connectivity index is 1.63. The van der Waals surface area contributed by atoms with Crippen LogP contribution in [0.1, 0.15) is 18.5 Å². The van der Waals surface area contributed by atoms with Crippen LogP contribution in [0.25, 0.3) is 11.3 Å². The van der Waals surface area contributed by atoms with Gasteiger partial charge in [0.15, 0.2) is 17.3 Å². The van der Waals surface area contributed by atoms with Gasteiger partial charge in [-0.25, -0.2) is 8.42 Å². The van der Waals surface area contributed by atoms with Gasteiger partial charge in [0.1, 0.15) is 5.75 Å². The van der Waals surface area contributed by atoms with Crippen molar-refractivity contribution in [1.82, 2.24) is 9.46 Å². The molecule has 11 heteroatoms. The molecule has 1 aromatic heterocycles. The predicted molar refractivity (Wildman–Crippen MR) is 131 cm³/mol. The Bertz CT molecular complexity index is 1240. The first kappa shape index (κ1) is 25.8. The Morgan fingerprint density at radius 1 is 0.972 bits per heavy atom. The molecule has 0 amide bonds. The lowest BCUT2D eigenvalue weighted by Crippen LogP contribution is -2.37. The third-order valence-corrected chi connectivity index (χ3v) is 7.80. The fraction of sp³-hybridized carbons (Fsp3) is 0.400. The Kier molecular flexibility index (Phi) is 8.02. The summed E-state index contributed by atoms with van der Waals surface area (Å²) in [7, 11) is 2.27. The average molecular weight is 519 g/mol. The van der Waals surface area contributed by atoms with Gasteiger partial charge >= 0.3 is 0 Å². The van der Waals surface area contributed by atoms with Crippen LogP contribution >= 0.6 is 0 Å². The Labute approximate surface area is 210 Å². The van der Waals surface area contributed by atoms with Crippen LogP contribution in [0.5, 0.6) is 23.0 Å². The van der Waals surface area contributed by atoms with E-state index in [0.29, 0.717) is 46.6 Å². The van der Waals surface area contributed by atoms with E-state index in [1.165, 1.54) is 44.9 Å². The zero-order valence-corrected chi connectivity index (χ0v) is 21.5. The zero-order valence-electron chi connectivity index (χ0n) is 20.7. The summed E-state index contributed by atoms with van der Waals surface area (Å²) < 4.78 is 61.2. The SMILES string of the molecule is COc1ccc(S(=O)(=O)N(Cc2cc(-c3cc(OC)c(OC)c(OC)c3)on2)C[C@H]2CCCO2)cc1. The van der Waals surface area contributed by atoms with Crippen molar-refractivity contribution in [2.45, 2.75) is 30.4 Å². The lowest BCUT2D eigenvalue weighted by Gasteiger charge is -2.24. The highest BCUT2D eigenvalue weighted by molar-refractivity contribution is 7.89. The molecule has 2 aromatic carbocycles. The van der Waals surface area contributed by atoms with Crippen LogP contribution in [-0.4, -0.2) is 65.6 Å². The van der Waals surface area contributed by atoms with E-state index >= 15 is 0 Å². The summed E-state index contributed by atoms with van der Waals surface area (Å²) >= 11 is 0. The molecule has 0 N–H and O–H groups in total. The molecule has 1 fully saturated rings. The van der Waals surface area contributed by atoms with Gasteiger partial charge in [-0.15, -0.1) is 0 Å². The van der Waals surface area contributed by atoms with Gasteiger partial charge in [-0.2, -0.15) is 4.31 Å². The maximum absolute atomic E-state index is 13.6. The second-order valence-corrected chi connectivity index (χ2v) is 10.1. The van der Waals surface area contributed by atoms with Crippen molar-refractivity contribution < 1.29 is 36.6 Å². The Morgan fingerprint density at radius 3 is 2.22 bits per heavy atom. The molecule has 0 unspecified atom stereocenters. The molecule has 1 saturated heterocycles. The van der Waals surface area contributed by atoms with Gasteiger partial charge in [0.2, 0.25) is 15.8 Å². The molecule has 0 saturated carbocycles. The molecule has 2 heterocycles. The lowest BCUT2D eigenvalue weighted by atomic mass is 10.1. The molecule has 36 heavy (non-hydrogen) atoms. The quantitative estimate of drug-likeness (QED) is 0.375. The molecule has 0 aliphatic carbocycles. The van der Waals surface area contributed by atoms with Crippen LogP contribution in [0.4, 0.5) is 0 Å². The zero-order chi connectivity index (χ0) is 25.7. The van der Waals surface area contributed by atoms with Crippen molar-refractivity contribution in [3.8, 4) is 34.3 Å². The lowest BCUT2D eigenvalue weighted by molar-refractivity contribution is 0.0922. The Morgan fingerprint density at radius 2 is 1.67 bits per heavy atom. The van der Waals surface area contributed by atoms with Crippen LogP contribution in [0.3, 0.4) is 0 Å². The van der Waals surface area contributed by atoms with Crippen LogP contribution in [0.2, 0.25) is 0 Å². The van der Waals surface area contributed by atoms with Gasteiger partial charge in [0.05, 0.1) is 51.7 Å². The summed E-state index contributed by atoms with van der Waals surface area (Å²) in [5, 5.41) is 4.14. The number of rotatable bonds is 11. The number of aromatic nitrogens is 1. The highest BCUT2D eigenvalue weighted by Gasteiger charge is 2.30. The summed E-state index contributed by atoms with van der Waals surface area (Å²) in [5.41, 5.74) is 1.10. The average Bonchev–Trinajstić information content (AvgIpc) is 3.60. The van der Waals surface area contributed by atoms with Crippen molar-refractivity contribution >= 4 is 10.0 Å². The third-order valence-electron chi connectivity index (χ3n) is 5.98. The molecule has 10 nitrogen and oxygen atoms in total. The number of nitrogens with zero attached hydrogens (tertiary/aromatic N) is 2. The molecular weight excluding hydrogens is 488 g/mol. The maximum atomic E-state index is 13.6. The summed E-state index contributed by atoms with van der Waals surface area (Å²) in [6.45, 7) is 0.846. The first-order valence-corrected chi connectivity index (χ1v) is 12.9. The van der Waals surface area contributed by atoms with Gasteiger partial charge in [0.25, 0.3) is 0 Å². The highest BCUT2D eigenvalue weighted by Crippen LogP contribution is 2.41. The van der Waals surface area contributed by atoms with E-state index < -0.39 is 10.0 Å². The van der Waals surface area contributed by atoms with Gasteiger partial charge in [-0.3, -0.25) is 0 Å². The highest BCUT2D eigenvalue weighted by atomic mass is 32.2. The van der Waals surface area contributed by atoms with Crippen LogP contribution in [0, 0.1) is 0 Å². The third kappa shape index (κ3) is 5.43. The summed E-state index contributed by atoms with van der Waals surface area (Å²) in [6.07, 6.45) is 1.51. The van der Waals surface area contributed by atoms with Crippen LogP contribution in [0.15, 0.2) is 51.9 Å². The number of hydrogen-bond donors (Lipinski definition) is 0. The number of hydrogen-bond acceptors (Lipinski definition) is 9. The van der Waals surface area contributed by atoms with E-state index in [-0.39, 0.29) is 24.1 Å². The van der Waals surface area contributed by atoms with Gasteiger partial charge in [-0.1, -0.05) is 5.16 Å². The maximum Gasteiger partial charge on any atom is 0.243 e. The van der Waals surface area contributed by atoms with Crippen molar-refractivity contribution in [2.24, 2.45) is 0 Å². The van der Waals surface area contributed by atoms with Gasteiger partial charge < -0.3 is 28.2 Å². The molecule has 1 atom stereocenters. The molecule has 4 rings (SSSR count). The van der Waals surface area contributed by atoms with E-state index in [4.69, 9.17) is 28.2 Å². The fourth-order valence-electron chi connectivity index (χ4n) is 4.09.